The number of furan rings is 1. The first kappa shape index (κ1) is 19.6. The molecule has 0 aliphatic rings. The molecule has 2 aromatic heterocycles. The monoisotopic (exact) mass is 415 g/mol. The van der Waals surface area contributed by atoms with Gasteiger partial charge in [-0.05, 0) is 25.1 Å². The normalized spacial score (nSPS) is 12.1. The van der Waals surface area contributed by atoms with E-state index in [1.807, 2.05) is 85.8 Å². The Morgan fingerprint density at radius 3 is 2.28 bits per heavy atom. The molecule has 154 valence electrons. The molecule has 0 atom stereocenters. The molecule has 0 aliphatic carbocycles. The Kier molecular flexibility index (Phi) is 5.18. The minimum atomic E-state index is 0.576. The van der Waals surface area contributed by atoms with E-state index < -0.39 is 0 Å². The van der Waals surface area contributed by atoms with E-state index in [0.29, 0.717) is 17.5 Å². The van der Waals surface area contributed by atoms with Gasteiger partial charge in [-0.2, -0.15) is 0 Å². The number of hydrogen-bond donors (Lipinski definition) is 0. The molecule has 0 amide bonds. The molecule has 0 N–H and O–H groups in total. The van der Waals surface area contributed by atoms with Crippen LogP contribution in [-0.2, 0) is 0 Å². The number of fused-ring (bicyclic) bond motifs is 3. The van der Waals surface area contributed by atoms with Crippen molar-refractivity contribution >= 4 is 27.5 Å². The lowest BCUT2D eigenvalue weighted by atomic mass is 10.1. The zero-order valence-corrected chi connectivity index (χ0v) is 17.7. The molecule has 0 bridgehead atoms. The summed E-state index contributed by atoms with van der Waals surface area (Å²) in [4.78, 5) is 14.3. The summed E-state index contributed by atoms with van der Waals surface area (Å²) in [6.45, 7) is 5.91. The van der Waals surface area contributed by atoms with Gasteiger partial charge in [-0.1, -0.05) is 85.5 Å². The van der Waals surface area contributed by atoms with Crippen LogP contribution < -0.4 is 0 Å². The molecule has 2 heterocycles. The van der Waals surface area contributed by atoms with Crippen LogP contribution in [0.4, 0.5) is 0 Å². The van der Waals surface area contributed by atoms with Crippen LogP contribution in [0.5, 0.6) is 0 Å². The summed E-state index contributed by atoms with van der Waals surface area (Å²) in [5, 5.41) is 2.17. The van der Waals surface area contributed by atoms with E-state index in [1.54, 1.807) is 6.08 Å². The molecule has 0 spiro atoms. The van der Waals surface area contributed by atoms with Gasteiger partial charge in [0.15, 0.2) is 17.5 Å². The number of hydrogen-bond acceptors (Lipinski definition) is 4. The topological polar surface area (TPSA) is 51.8 Å². The number of rotatable bonds is 5. The van der Waals surface area contributed by atoms with Gasteiger partial charge in [0.2, 0.25) is 0 Å². The van der Waals surface area contributed by atoms with Gasteiger partial charge in [-0.15, -0.1) is 0 Å². The first-order valence-corrected chi connectivity index (χ1v) is 10.5. The molecular weight excluding hydrogens is 394 g/mol. The summed E-state index contributed by atoms with van der Waals surface area (Å²) in [6.07, 6.45) is 7.61. The second-order valence-electron chi connectivity index (χ2n) is 7.33. The molecule has 0 saturated carbocycles. The maximum absolute atomic E-state index is 6.07. The summed E-state index contributed by atoms with van der Waals surface area (Å²) >= 11 is 0. The Morgan fingerprint density at radius 2 is 1.50 bits per heavy atom. The fraction of sp³-hybridized carbons (Fsp3) is 0.0357. The molecule has 5 rings (SSSR count). The van der Waals surface area contributed by atoms with Gasteiger partial charge >= 0.3 is 0 Å². The molecule has 32 heavy (non-hydrogen) atoms. The summed E-state index contributed by atoms with van der Waals surface area (Å²) in [5.74, 6) is 1.78. The van der Waals surface area contributed by atoms with Gasteiger partial charge < -0.3 is 4.42 Å². The van der Waals surface area contributed by atoms with Crippen molar-refractivity contribution in [3.8, 4) is 22.8 Å². The fourth-order valence-electron chi connectivity index (χ4n) is 3.65. The summed E-state index contributed by atoms with van der Waals surface area (Å²) in [5.41, 5.74) is 4.29. The maximum Gasteiger partial charge on any atom is 0.164 e. The van der Waals surface area contributed by atoms with E-state index in [2.05, 4.69) is 18.7 Å². The third-order valence-electron chi connectivity index (χ3n) is 5.25. The molecule has 4 heteroatoms. The fourth-order valence-corrected chi connectivity index (χ4v) is 3.65. The van der Waals surface area contributed by atoms with Crippen LogP contribution in [0.25, 0.3) is 50.3 Å². The van der Waals surface area contributed by atoms with E-state index in [-0.39, 0.29) is 0 Å². The van der Waals surface area contributed by atoms with Gasteiger partial charge in [0, 0.05) is 27.5 Å². The van der Waals surface area contributed by atoms with Crippen molar-refractivity contribution in [3.63, 3.8) is 0 Å². The number of nitrogens with zero attached hydrogens (tertiary/aromatic N) is 3. The van der Waals surface area contributed by atoms with Crippen LogP contribution in [0.15, 0.2) is 108 Å². The molecule has 0 fully saturated rings. The van der Waals surface area contributed by atoms with Crippen LogP contribution in [0.3, 0.4) is 0 Å². The zero-order chi connectivity index (χ0) is 21.9. The van der Waals surface area contributed by atoms with E-state index in [1.165, 1.54) is 0 Å². The van der Waals surface area contributed by atoms with Crippen molar-refractivity contribution in [1.82, 2.24) is 15.0 Å². The van der Waals surface area contributed by atoms with Crippen LogP contribution >= 0.6 is 0 Å². The molecule has 5 aromatic rings. The van der Waals surface area contributed by atoms with E-state index in [0.717, 1.165) is 38.6 Å². The summed E-state index contributed by atoms with van der Waals surface area (Å²) in [6, 6.07) is 24.0. The molecule has 0 radical (unpaired) electrons. The van der Waals surface area contributed by atoms with Gasteiger partial charge in [0.05, 0.1) is 0 Å². The molecule has 4 nitrogen and oxygen atoms in total. The smallest absolute Gasteiger partial charge is 0.164 e. The Bertz CT molecular complexity index is 1490. The third-order valence-corrected chi connectivity index (χ3v) is 5.25. The van der Waals surface area contributed by atoms with Crippen molar-refractivity contribution in [3.05, 3.63) is 110 Å². The van der Waals surface area contributed by atoms with Crippen molar-refractivity contribution < 1.29 is 4.42 Å². The van der Waals surface area contributed by atoms with Gasteiger partial charge in [0.1, 0.15) is 11.2 Å². The molecule has 0 aliphatic heterocycles. The quantitative estimate of drug-likeness (QED) is 0.284. The maximum atomic E-state index is 6.07. The average molecular weight is 415 g/mol. The first-order valence-electron chi connectivity index (χ1n) is 10.5. The largest absolute Gasteiger partial charge is 0.456 e. The number of aromatic nitrogens is 3. The third kappa shape index (κ3) is 3.63. The van der Waals surface area contributed by atoms with Crippen molar-refractivity contribution in [1.29, 1.82) is 0 Å². The highest BCUT2D eigenvalue weighted by Gasteiger charge is 2.14. The minimum Gasteiger partial charge on any atom is -0.456 e. The Labute approximate surface area is 186 Å². The number of benzene rings is 3. The van der Waals surface area contributed by atoms with Crippen molar-refractivity contribution in [2.45, 2.75) is 6.92 Å². The second kappa shape index (κ2) is 8.44. The molecule has 3 aromatic carbocycles. The van der Waals surface area contributed by atoms with Crippen LogP contribution in [0.2, 0.25) is 0 Å². The SMILES string of the molecule is C=C/C(=C\C=C/C)c1nc(-c2ccccc2)nc(-c2ccc3c(c2)oc2ccccc23)n1. The molecular formula is C28H21N3O. The molecule has 0 saturated heterocycles. The van der Waals surface area contributed by atoms with Gasteiger partial charge in [-0.25, -0.2) is 15.0 Å². The summed E-state index contributed by atoms with van der Waals surface area (Å²) in [7, 11) is 0. The van der Waals surface area contributed by atoms with Gasteiger partial charge in [-0.3, -0.25) is 0 Å². The van der Waals surface area contributed by atoms with Crippen LogP contribution in [0, 0.1) is 0 Å². The predicted octanol–water partition coefficient (Wildman–Crippen LogP) is 7.25. The van der Waals surface area contributed by atoms with E-state index in [9.17, 15) is 0 Å². The highest BCUT2D eigenvalue weighted by Crippen LogP contribution is 2.32. The number of para-hydroxylation sites is 1. The van der Waals surface area contributed by atoms with E-state index in [4.69, 9.17) is 19.4 Å². The van der Waals surface area contributed by atoms with Crippen LogP contribution in [0.1, 0.15) is 12.7 Å². The standard InChI is InChI=1S/C28H21N3O/c1-3-5-11-19(4-2)26-29-27(20-12-7-6-8-13-20)31-28(30-26)21-16-17-23-22-14-9-10-15-24(22)32-25(23)18-21/h3-18H,2H2,1H3/b5-3-,19-11+. The zero-order valence-electron chi connectivity index (χ0n) is 17.7. The Balaban J connectivity index is 1.71. The highest BCUT2D eigenvalue weighted by molar-refractivity contribution is 6.05. The minimum absolute atomic E-state index is 0.576. The Hall–Kier alpha value is -4.31. The van der Waals surface area contributed by atoms with Crippen molar-refractivity contribution in [2.24, 2.45) is 0 Å². The lowest BCUT2D eigenvalue weighted by molar-refractivity contribution is 0.669. The average Bonchev–Trinajstić information content (AvgIpc) is 3.23. The van der Waals surface area contributed by atoms with Crippen molar-refractivity contribution in [2.75, 3.05) is 0 Å². The molecule has 0 unspecified atom stereocenters. The second-order valence-corrected chi connectivity index (χ2v) is 7.33. The lowest BCUT2D eigenvalue weighted by Gasteiger charge is -2.08. The summed E-state index contributed by atoms with van der Waals surface area (Å²) < 4.78 is 6.07. The predicted molar refractivity (Wildman–Crippen MR) is 131 cm³/mol. The first-order chi connectivity index (χ1) is 15.8. The Morgan fingerprint density at radius 1 is 0.781 bits per heavy atom. The number of allylic oxidation sites excluding steroid dienone is 5. The van der Waals surface area contributed by atoms with E-state index >= 15 is 0 Å². The highest BCUT2D eigenvalue weighted by atomic mass is 16.3. The lowest BCUT2D eigenvalue weighted by Crippen LogP contribution is -2.02. The van der Waals surface area contributed by atoms with Crippen LogP contribution in [-0.4, -0.2) is 15.0 Å². The van der Waals surface area contributed by atoms with Gasteiger partial charge in [0.25, 0.3) is 0 Å².